The zero-order valence-electron chi connectivity index (χ0n) is 12.5. The summed E-state index contributed by atoms with van der Waals surface area (Å²) in [4.78, 5) is 36.9. The number of aryl methyl sites for hydroxylation is 1. The standard InChI is InChI=1S/C16H15N3O4/c1-18-14(20)7-6-13(17-18)15(21)19-8-10-4-2-3-5-11(10)12(9-19)16(22)23/h2-7,12H,8-9H2,1H3,(H,22,23). The van der Waals surface area contributed by atoms with Gasteiger partial charge in [-0.2, -0.15) is 5.10 Å². The van der Waals surface area contributed by atoms with Gasteiger partial charge in [0.2, 0.25) is 0 Å². The number of carboxylic acid groups (broad SMARTS) is 1. The summed E-state index contributed by atoms with van der Waals surface area (Å²) in [6.07, 6.45) is 0. The summed E-state index contributed by atoms with van der Waals surface area (Å²) < 4.78 is 1.08. The molecule has 0 fully saturated rings. The molecule has 0 radical (unpaired) electrons. The Balaban J connectivity index is 1.95. The average Bonchev–Trinajstić information content (AvgIpc) is 2.55. The highest BCUT2D eigenvalue weighted by molar-refractivity contribution is 5.93. The van der Waals surface area contributed by atoms with Crippen molar-refractivity contribution in [1.82, 2.24) is 14.7 Å². The van der Waals surface area contributed by atoms with Crippen molar-refractivity contribution in [3.05, 3.63) is 63.6 Å². The summed E-state index contributed by atoms with van der Waals surface area (Å²) in [5, 5.41) is 13.4. The Bertz CT molecular complexity index is 843. The highest BCUT2D eigenvalue weighted by Crippen LogP contribution is 2.29. The van der Waals surface area contributed by atoms with E-state index in [4.69, 9.17) is 0 Å². The molecule has 118 valence electrons. The largest absolute Gasteiger partial charge is 0.481 e. The van der Waals surface area contributed by atoms with Crippen LogP contribution in [-0.4, -0.2) is 38.2 Å². The highest BCUT2D eigenvalue weighted by atomic mass is 16.4. The second-order valence-corrected chi connectivity index (χ2v) is 5.46. The van der Waals surface area contributed by atoms with Gasteiger partial charge in [0.05, 0.1) is 5.92 Å². The number of aliphatic carboxylic acids is 1. The van der Waals surface area contributed by atoms with Crippen molar-refractivity contribution in [3.63, 3.8) is 0 Å². The van der Waals surface area contributed by atoms with Crippen LogP contribution in [0, 0.1) is 0 Å². The molecule has 7 nitrogen and oxygen atoms in total. The molecular formula is C16H15N3O4. The van der Waals surface area contributed by atoms with Crippen molar-refractivity contribution in [3.8, 4) is 0 Å². The molecule has 1 unspecified atom stereocenters. The number of benzene rings is 1. The Hall–Kier alpha value is -2.96. The number of aromatic nitrogens is 2. The Morgan fingerprint density at radius 2 is 1.96 bits per heavy atom. The molecule has 1 aliphatic rings. The summed E-state index contributed by atoms with van der Waals surface area (Å²) in [5.74, 6) is -2.12. The fraction of sp³-hybridized carbons (Fsp3) is 0.250. The van der Waals surface area contributed by atoms with Gasteiger partial charge in [-0.25, -0.2) is 4.68 Å². The molecule has 7 heteroatoms. The van der Waals surface area contributed by atoms with Gasteiger partial charge in [-0.05, 0) is 17.2 Å². The molecule has 1 N–H and O–H groups in total. The van der Waals surface area contributed by atoms with E-state index in [2.05, 4.69) is 5.10 Å². The van der Waals surface area contributed by atoms with Crippen molar-refractivity contribution >= 4 is 11.9 Å². The van der Waals surface area contributed by atoms with E-state index in [-0.39, 0.29) is 23.7 Å². The van der Waals surface area contributed by atoms with Crippen molar-refractivity contribution in [2.75, 3.05) is 6.54 Å². The number of hydrogen-bond donors (Lipinski definition) is 1. The van der Waals surface area contributed by atoms with E-state index in [9.17, 15) is 19.5 Å². The first-order chi connectivity index (χ1) is 11.0. The van der Waals surface area contributed by atoms with Gasteiger partial charge in [-0.3, -0.25) is 14.4 Å². The third-order valence-corrected chi connectivity index (χ3v) is 3.96. The maximum absolute atomic E-state index is 12.6. The van der Waals surface area contributed by atoms with Crippen molar-refractivity contribution in [1.29, 1.82) is 0 Å². The molecule has 1 amide bonds. The lowest BCUT2D eigenvalue weighted by Crippen LogP contribution is -2.41. The molecule has 2 aromatic rings. The van der Waals surface area contributed by atoms with Crippen LogP contribution in [0.5, 0.6) is 0 Å². The predicted octanol–water partition coefficient (Wildman–Crippen LogP) is 0.605. The van der Waals surface area contributed by atoms with E-state index in [1.54, 1.807) is 12.1 Å². The number of fused-ring (bicyclic) bond motifs is 1. The van der Waals surface area contributed by atoms with Crippen LogP contribution in [-0.2, 0) is 18.4 Å². The summed E-state index contributed by atoms with van der Waals surface area (Å²) in [7, 11) is 1.46. The van der Waals surface area contributed by atoms with E-state index < -0.39 is 11.9 Å². The van der Waals surface area contributed by atoms with Gasteiger partial charge in [0.1, 0.15) is 5.69 Å². The SMILES string of the molecule is Cn1nc(C(=O)N2Cc3ccccc3C(C(=O)O)C2)ccc1=O. The summed E-state index contributed by atoms with van der Waals surface area (Å²) >= 11 is 0. The Kier molecular flexibility index (Phi) is 3.69. The van der Waals surface area contributed by atoms with Crippen molar-refractivity contribution in [2.45, 2.75) is 12.5 Å². The first-order valence-electron chi connectivity index (χ1n) is 7.11. The fourth-order valence-electron chi connectivity index (χ4n) is 2.75. The number of rotatable bonds is 2. The quantitative estimate of drug-likeness (QED) is 0.876. The first-order valence-corrected chi connectivity index (χ1v) is 7.11. The predicted molar refractivity (Wildman–Crippen MR) is 81.0 cm³/mol. The number of amides is 1. The van der Waals surface area contributed by atoms with Crippen LogP contribution in [0.4, 0.5) is 0 Å². The highest BCUT2D eigenvalue weighted by Gasteiger charge is 2.33. The maximum atomic E-state index is 12.6. The van der Waals surface area contributed by atoms with Crippen LogP contribution in [0.15, 0.2) is 41.2 Å². The van der Waals surface area contributed by atoms with Crippen LogP contribution >= 0.6 is 0 Å². The fourth-order valence-corrected chi connectivity index (χ4v) is 2.75. The van der Waals surface area contributed by atoms with E-state index in [1.165, 1.54) is 24.1 Å². The molecule has 3 rings (SSSR count). The molecular weight excluding hydrogens is 298 g/mol. The smallest absolute Gasteiger partial charge is 0.312 e. The molecule has 0 aliphatic carbocycles. The van der Waals surface area contributed by atoms with Crippen LogP contribution < -0.4 is 5.56 Å². The lowest BCUT2D eigenvalue weighted by Gasteiger charge is -2.32. The van der Waals surface area contributed by atoms with Gasteiger partial charge >= 0.3 is 5.97 Å². The molecule has 2 heterocycles. The zero-order valence-corrected chi connectivity index (χ0v) is 12.5. The molecule has 1 atom stereocenters. The van der Waals surface area contributed by atoms with Crippen LogP contribution in [0.25, 0.3) is 0 Å². The Morgan fingerprint density at radius 1 is 1.22 bits per heavy atom. The van der Waals surface area contributed by atoms with Gasteiger partial charge in [0, 0.05) is 26.2 Å². The monoisotopic (exact) mass is 313 g/mol. The Morgan fingerprint density at radius 3 is 2.65 bits per heavy atom. The number of carbonyl (C=O) groups excluding carboxylic acids is 1. The minimum atomic E-state index is -0.969. The van der Waals surface area contributed by atoms with E-state index in [0.717, 1.165) is 15.8 Å². The molecule has 1 aromatic heterocycles. The topological polar surface area (TPSA) is 92.5 Å². The number of carbonyl (C=O) groups is 2. The van der Waals surface area contributed by atoms with Gasteiger partial charge < -0.3 is 10.0 Å². The van der Waals surface area contributed by atoms with Gasteiger partial charge in [-0.15, -0.1) is 0 Å². The first kappa shape index (κ1) is 15.0. The van der Waals surface area contributed by atoms with Gasteiger partial charge in [-0.1, -0.05) is 24.3 Å². The third-order valence-electron chi connectivity index (χ3n) is 3.96. The number of carboxylic acids is 1. The second kappa shape index (κ2) is 5.68. The van der Waals surface area contributed by atoms with Gasteiger partial charge in [0.15, 0.2) is 0 Å². The normalized spacial score (nSPS) is 16.7. The van der Waals surface area contributed by atoms with Crippen molar-refractivity contribution in [2.24, 2.45) is 7.05 Å². The average molecular weight is 313 g/mol. The number of nitrogens with zero attached hydrogens (tertiary/aromatic N) is 3. The van der Waals surface area contributed by atoms with Crippen LogP contribution in [0.2, 0.25) is 0 Å². The molecule has 0 saturated carbocycles. The van der Waals surface area contributed by atoms with E-state index in [0.29, 0.717) is 6.54 Å². The van der Waals surface area contributed by atoms with E-state index in [1.807, 2.05) is 12.1 Å². The van der Waals surface area contributed by atoms with Gasteiger partial charge in [0.25, 0.3) is 11.5 Å². The molecule has 23 heavy (non-hydrogen) atoms. The number of hydrogen-bond acceptors (Lipinski definition) is 4. The summed E-state index contributed by atoms with van der Waals surface area (Å²) in [6, 6.07) is 9.84. The summed E-state index contributed by atoms with van der Waals surface area (Å²) in [6.45, 7) is 0.402. The third kappa shape index (κ3) is 2.73. The van der Waals surface area contributed by atoms with Crippen LogP contribution in [0.1, 0.15) is 27.5 Å². The maximum Gasteiger partial charge on any atom is 0.312 e. The minimum absolute atomic E-state index is 0.0791. The van der Waals surface area contributed by atoms with E-state index >= 15 is 0 Å². The molecule has 0 bridgehead atoms. The molecule has 0 spiro atoms. The summed E-state index contributed by atoms with van der Waals surface area (Å²) in [5.41, 5.74) is 1.35. The molecule has 1 aromatic carbocycles. The van der Waals surface area contributed by atoms with Crippen LogP contribution in [0.3, 0.4) is 0 Å². The Labute approximate surface area is 131 Å². The zero-order chi connectivity index (χ0) is 16.6. The lowest BCUT2D eigenvalue weighted by molar-refractivity contribution is -0.139. The lowest BCUT2D eigenvalue weighted by atomic mass is 9.89. The minimum Gasteiger partial charge on any atom is -0.481 e. The second-order valence-electron chi connectivity index (χ2n) is 5.46. The molecule has 0 saturated heterocycles. The molecule has 1 aliphatic heterocycles. The van der Waals surface area contributed by atoms with Crippen molar-refractivity contribution < 1.29 is 14.7 Å².